The van der Waals surface area contributed by atoms with E-state index >= 15 is 0 Å². The molecule has 0 spiro atoms. The fourth-order valence-electron chi connectivity index (χ4n) is 3.48. The monoisotopic (exact) mass is 479 g/mol. The topological polar surface area (TPSA) is 90.3 Å². The van der Waals surface area contributed by atoms with Crippen LogP contribution in [-0.4, -0.2) is 28.3 Å². The Morgan fingerprint density at radius 3 is 2.50 bits per heavy atom. The number of rotatable bonds is 6. The van der Waals surface area contributed by atoms with E-state index in [0.717, 1.165) is 21.6 Å². The number of nitrogens with zero attached hydrogens (tertiary/aromatic N) is 2. The molecule has 34 heavy (non-hydrogen) atoms. The first-order valence-electron chi connectivity index (χ1n) is 10.7. The van der Waals surface area contributed by atoms with Crippen LogP contribution in [0.15, 0.2) is 58.7 Å². The largest absolute Gasteiger partial charge is 0.461 e. The van der Waals surface area contributed by atoms with Crippen molar-refractivity contribution in [2.24, 2.45) is 0 Å². The Bertz CT molecular complexity index is 1440. The number of ether oxygens (including phenoxy) is 1. The minimum atomic E-state index is -0.705. The lowest BCUT2D eigenvalue weighted by atomic mass is 10.0. The molecular formula is C25H22FN3O4S. The Morgan fingerprint density at radius 1 is 1.15 bits per heavy atom. The third kappa shape index (κ3) is 4.34. The van der Waals surface area contributed by atoms with Crippen LogP contribution in [0.5, 0.6) is 0 Å². The number of benzene rings is 2. The van der Waals surface area contributed by atoms with E-state index in [2.05, 4.69) is 24.3 Å². The van der Waals surface area contributed by atoms with Crippen molar-refractivity contribution in [1.82, 2.24) is 9.78 Å². The second-order valence-corrected chi connectivity index (χ2v) is 8.70. The van der Waals surface area contributed by atoms with Crippen molar-refractivity contribution in [3.8, 4) is 5.69 Å². The van der Waals surface area contributed by atoms with Gasteiger partial charge in [0.05, 0.1) is 23.2 Å². The van der Waals surface area contributed by atoms with Gasteiger partial charge in [0.25, 0.3) is 11.5 Å². The molecule has 2 aromatic carbocycles. The molecule has 9 heteroatoms. The lowest BCUT2D eigenvalue weighted by molar-refractivity contribution is 0.0520. The number of hydrogen-bond donors (Lipinski definition) is 1. The van der Waals surface area contributed by atoms with Crippen LogP contribution in [0.4, 0.5) is 9.39 Å². The number of halogens is 1. The smallest absolute Gasteiger partial charge is 0.359 e. The molecule has 0 unspecified atom stereocenters. The van der Waals surface area contributed by atoms with Crippen molar-refractivity contribution in [3.05, 3.63) is 86.9 Å². The van der Waals surface area contributed by atoms with Gasteiger partial charge in [0.2, 0.25) is 0 Å². The Hall–Kier alpha value is -3.85. The average molecular weight is 480 g/mol. The van der Waals surface area contributed by atoms with Crippen molar-refractivity contribution in [2.75, 3.05) is 11.9 Å². The van der Waals surface area contributed by atoms with Gasteiger partial charge in [0.15, 0.2) is 5.69 Å². The zero-order valence-electron chi connectivity index (χ0n) is 18.8. The molecule has 0 saturated heterocycles. The first-order chi connectivity index (χ1) is 16.3. The zero-order chi connectivity index (χ0) is 24.4. The number of thiophene rings is 1. The second-order valence-electron chi connectivity index (χ2n) is 7.82. The molecule has 2 aromatic heterocycles. The highest BCUT2D eigenvalue weighted by Gasteiger charge is 2.24. The first kappa shape index (κ1) is 23.3. The predicted octanol–water partition coefficient (Wildman–Crippen LogP) is 5.14. The molecule has 0 fully saturated rings. The number of hydrogen-bond acceptors (Lipinski definition) is 6. The van der Waals surface area contributed by atoms with E-state index in [1.165, 1.54) is 18.2 Å². The molecule has 0 atom stereocenters. The highest BCUT2D eigenvalue weighted by molar-refractivity contribution is 7.16. The number of fused-ring (bicyclic) bond motifs is 1. The minimum absolute atomic E-state index is 0.0490. The fourth-order valence-corrected chi connectivity index (χ4v) is 4.42. The summed E-state index contributed by atoms with van der Waals surface area (Å²) in [4.78, 5) is 38.8. The molecule has 4 aromatic rings. The number of anilines is 1. The van der Waals surface area contributed by atoms with Crippen molar-refractivity contribution in [2.45, 2.75) is 26.7 Å². The van der Waals surface area contributed by atoms with Crippen molar-refractivity contribution in [3.63, 3.8) is 0 Å². The third-order valence-electron chi connectivity index (χ3n) is 5.27. The number of amides is 1. The molecule has 1 amide bonds. The highest BCUT2D eigenvalue weighted by Crippen LogP contribution is 2.31. The molecule has 4 rings (SSSR count). The number of carbonyl (C=O) groups excluding carboxylic acids is 2. The van der Waals surface area contributed by atoms with E-state index in [1.807, 2.05) is 12.1 Å². The molecule has 0 aliphatic rings. The van der Waals surface area contributed by atoms with Gasteiger partial charge in [-0.3, -0.25) is 9.59 Å². The number of carbonyl (C=O) groups is 2. The predicted molar refractivity (Wildman–Crippen MR) is 130 cm³/mol. The van der Waals surface area contributed by atoms with Crippen LogP contribution < -0.4 is 10.9 Å². The summed E-state index contributed by atoms with van der Waals surface area (Å²) in [5.41, 5.74) is 0.807. The lowest BCUT2D eigenvalue weighted by Gasteiger charge is -2.11. The van der Waals surface area contributed by atoms with Gasteiger partial charge in [0.1, 0.15) is 10.8 Å². The normalized spacial score (nSPS) is 11.1. The standard InChI is InChI=1S/C25H22FN3O4S/c1-4-33-25(32)21-18-13-34-23(27-22(30)17-7-5-6-8-19(17)26)20(18)24(31)29(28-21)16-11-9-15(10-12-16)14(2)3/h5-14H,4H2,1-3H3,(H,27,30). The van der Waals surface area contributed by atoms with Crippen molar-refractivity contribution >= 4 is 39.0 Å². The van der Waals surface area contributed by atoms with Gasteiger partial charge in [-0.15, -0.1) is 11.3 Å². The Labute approximate surface area is 198 Å². The molecule has 7 nitrogen and oxygen atoms in total. The van der Waals surface area contributed by atoms with Crippen LogP contribution >= 0.6 is 11.3 Å². The summed E-state index contributed by atoms with van der Waals surface area (Å²) in [5, 5.41) is 9.00. The van der Waals surface area contributed by atoms with Crippen molar-refractivity contribution in [1.29, 1.82) is 0 Å². The minimum Gasteiger partial charge on any atom is -0.461 e. The number of nitrogens with one attached hydrogen (secondary N) is 1. The maximum atomic E-state index is 14.1. The van der Waals surface area contributed by atoms with E-state index in [-0.39, 0.29) is 33.6 Å². The fraction of sp³-hybridized carbons (Fsp3) is 0.200. The van der Waals surface area contributed by atoms with Crippen molar-refractivity contribution < 1.29 is 18.7 Å². The maximum Gasteiger partial charge on any atom is 0.359 e. The lowest BCUT2D eigenvalue weighted by Crippen LogP contribution is -2.25. The Kier molecular flexibility index (Phi) is 6.56. The molecule has 0 aliphatic heterocycles. The number of aromatic nitrogens is 2. The van der Waals surface area contributed by atoms with Gasteiger partial charge in [-0.1, -0.05) is 38.1 Å². The molecule has 1 N–H and O–H groups in total. The molecule has 2 heterocycles. The maximum absolute atomic E-state index is 14.1. The van der Waals surface area contributed by atoms with Crippen LogP contribution in [0.1, 0.15) is 53.1 Å². The van der Waals surface area contributed by atoms with E-state index in [1.54, 1.807) is 30.5 Å². The molecule has 174 valence electrons. The Balaban J connectivity index is 1.87. The molecule has 0 bridgehead atoms. The van der Waals surface area contributed by atoms with E-state index in [9.17, 15) is 18.8 Å². The summed E-state index contributed by atoms with van der Waals surface area (Å²) in [6, 6.07) is 12.8. The van der Waals surface area contributed by atoms with Crippen LogP contribution in [0, 0.1) is 5.82 Å². The summed E-state index contributed by atoms with van der Waals surface area (Å²) in [6.07, 6.45) is 0. The van der Waals surface area contributed by atoms with Crippen LogP contribution in [0.3, 0.4) is 0 Å². The SMILES string of the molecule is CCOC(=O)c1nn(-c2ccc(C(C)C)cc2)c(=O)c2c(NC(=O)c3ccccc3F)scc12. The second kappa shape index (κ2) is 9.56. The van der Waals surface area contributed by atoms with Crippen LogP contribution in [0.2, 0.25) is 0 Å². The van der Waals surface area contributed by atoms with Crippen LogP contribution in [0.25, 0.3) is 16.5 Å². The van der Waals surface area contributed by atoms with Gasteiger partial charge in [-0.05, 0) is 42.7 Å². The van der Waals surface area contributed by atoms with E-state index < -0.39 is 23.3 Å². The number of esters is 1. The van der Waals surface area contributed by atoms with Gasteiger partial charge in [-0.2, -0.15) is 9.78 Å². The van der Waals surface area contributed by atoms with Crippen LogP contribution in [-0.2, 0) is 4.74 Å². The molecule has 0 saturated carbocycles. The highest BCUT2D eigenvalue weighted by atomic mass is 32.1. The molecule has 0 aliphatic carbocycles. The van der Waals surface area contributed by atoms with E-state index in [0.29, 0.717) is 11.6 Å². The summed E-state index contributed by atoms with van der Waals surface area (Å²) in [7, 11) is 0. The van der Waals surface area contributed by atoms with Gasteiger partial charge in [-0.25, -0.2) is 9.18 Å². The quantitative estimate of drug-likeness (QED) is 0.387. The summed E-state index contributed by atoms with van der Waals surface area (Å²) in [6.45, 7) is 5.91. The summed E-state index contributed by atoms with van der Waals surface area (Å²) >= 11 is 1.05. The zero-order valence-corrected chi connectivity index (χ0v) is 19.6. The molecular weight excluding hydrogens is 457 g/mol. The Morgan fingerprint density at radius 2 is 1.85 bits per heavy atom. The third-order valence-corrected chi connectivity index (χ3v) is 6.17. The summed E-state index contributed by atoms with van der Waals surface area (Å²) < 4.78 is 20.4. The van der Waals surface area contributed by atoms with Gasteiger partial charge in [0, 0.05) is 10.8 Å². The molecule has 0 radical (unpaired) electrons. The van der Waals surface area contributed by atoms with Gasteiger partial charge >= 0.3 is 5.97 Å². The van der Waals surface area contributed by atoms with E-state index in [4.69, 9.17) is 4.74 Å². The summed E-state index contributed by atoms with van der Waals surface area (Å²) in [5.74, 6) is -1.78. The van der Waals surface area contributed by atoms with Gasteiger partial charge < -0.3 is 10.1 Å². The average Bonchev–Trinajstić information content (AvgIpc) is 3.24. The first-order valence-corrected chi connectivity index (χ1v) is 11.6.